The predicted octanol–water partition coefficient (Wildman–Crippen LogP) is 0.217. The lowest BCUT2D eigenvalue weighted by atomic mass is 10.3. The molecule has 84 valence electrons. The molecule has 0 spiro atoms. The zero-order valence-electron chi connectivity index (χ0n) is 9.25. The molecule has 0 aromatic rings. The van der Waals surface area contributed by atoms with Gasteiger partial charge < -0.3 is 15.3 Å². The minimum absolute atomic E-state index is 0.120. The second-order valence-electron chi connectivity index (χ2n) is 3.23. The Hall–Kier alpha value is -0.610. The number of rotatable bonds is 8. The number of carbonyl (C=O) groups excluding carboxylic acids is 1. The van der Waals surface area contributed by atoms with Crippen LogP contribution < -0.4 is 5.32 Å². The number of aliphatic hydroxyl groups excluding tert-OH is 1. The van der Waals surface area contributed by atoms with Crippen LogP contribution >= 0.6 is 0 Å². The molecule has 0 fully saturated rings. The van der Waals surface area contributed by atoms with E-state index in [9.17, 15) is 4.79 Å². The third kappa shape index (κ3) is 5.94. The topological polar surface area (TPSA) is 52.6 Å². The van der Waals surface area contributed by atoms with Gasteiger partial charge in [0.05, 0.1) is 6.54 Å². The molecule has 1 amide bonds. The zero-order valence-corrected chi connectivity index (χ0v) is 9.25. The van der Waals surface area contributed by atoms with E-state index in [2.05, 4.69) is 12.2 Å². The summed E-state index contributed by atoms with van der Waals surface area (Å²) >= 11 is 0. The highest BCUT2D eigenvalue weighted by Crippen LogP contribution is 1.91. The first-order chi connectivity index (χ1) is 6.76. The van der Waals surface area contributed by atoms with Gasteiger partial charge in [-0.15, -0.1) is 0 Å². The molecule has 14 heavy (non-hydrogen) atoms. The Labute approximate surface area is 86.3 Å². The number of hydrogen-bond donors (Lipinski definition) is 2. The number of carbonyl (C=O) groups is 1. The second-order valence-corrected chi connectivity index (χ2v) is 3.23. The van der Waals surface area contributed by atoms with Crippen LogP contribution in [0, 0.1) is 0 Å². The van der Waals surface area contributed by atoms with Crippen LogP contribution in [0.4, 0.5) is 0 Å². The van der Waals surface area contributed by atoms with Crippen LogP contribution in [0.5, 0.6) is 0 Å². The van der Waals surface area contributed by atoms with Gasteiger partial charge in [-0.3, -0.25) is 4.79 Å². The number of nitrogens with zero attached hydrogens (tertiary/aromatic N) is 1. The molecule has 0 aromatic carbocycles. The number of aliphatic hydroxyl groups is 1. The third-order valence-corrected chi connectivity index (χ3v) is 2.02. The largest absolute Gasteiger partial charge is 0.396 e. The highest BCUT2D eigenvalue weighted by molar-refractivity contribution is 5.78. The predicted molar refractivity (Wildman–Crippen MR) is 57.1 cm³/mol. The van der Waals surface area contributed by atoms with E-state index in [0.29, 0.717) is 26.1 Å². The summed E-state index contributed by atoms with van der Waals surface area (Å²) in [4.78, 5) is 13.3. The lowest BCUT2D eigenvalue weighted by Crippen LogP contribution is -2.39. The molecule has 0 unspecified atom stereocenters. The van der Waals surface area contributed by atoms with E-state index in [1.54, 1.807) is 4.90 Å². The Balaban J connectivity index is 3.67. The summed E-state index contributed by atoms with van der Waals surface area (Å²) in [5.41, 5.74) is 0. The molecular weight excluding hydrogens is 180 g/mol. The Morgan fingerprint density at radius 1 is 1.43 bits per heavy atom. The molecule has 0 heterocycles. The maximum atomic E-state index is 11.5. The Morgan fingerprint density at radius 3 is 2.64 bits per heavy atom. The van der Waals surface area contributed by atoms with Crippen LogP contribution in [-0.2, 0) is 4.79 Å². The number of nitrogens with one attached hydrogen (secondary N) is 1. The van der Waals surface area contributed by atoms with Gasteiger partial charge in [0.2, 0.25) is 5.91 Å². The summed E-state index contributed by atoms with van der Waals surface area (Å²) in [6.07, 6.45) is 1.70. The van der Waals surface area contributed by atoms with E-state index >= 15 is 0 Å². The van der Waals surface area contributed by atoms with Crippen molar-refractivity contribution in [1.82, 2.24) is 10.2 Å². The summed E-state index contributed by atoms with van der Waals surface area (Å²) in [6.45, 7) is 6.82. The van der Waals surface area contributed by atoms with Crippen LogP contribution in [0.1, 0.15) is 26.7 Å². The molecule has 0 rings (SSSR count). The van der Waals surface area contributed by atoms with Crippen molar-refractivity contribution in [1.29, 1.82) is 0 Å². The van der Waals surface area contributed by atoms with Gasteiger partial charge in [-0.05, 0) is 26.3 Å². The molecule has 0 atom stereocenters. The van der Waals surface area contributed by atoms with Crippen molar-refractivity contribution in [3.8, 4) is 0 Å². The number of amides is 1. The van der Waals surface area contributed by atoms with E-state index < -0.39 is 0 Å². The van der Waals surface area contributed by atoms with Gasteiger partial charge in [0.25, 0.3) is 0 Å². The van der Waals surface area contributed by atoms with Crippen molar-refractivity contribution >= 4 is 5.91 Å². The van der Waals surface area contributed by atoms with Crippen molar-refractivity contribution in [2.24, 2.45) is 0 Å². The van der Waals surface area contributed by atoms with Crippen LogP contribution in [0.2, 0.25) is 0 Å². The van der Waals surface area contributed by atoms with E-state index in [4.69, 9.17) is 5.11 Å². The van der Waals surface area contributed by atoms with Gasteiger partial charge >= 0.3 is 0 Å². The highest BCUT2D eigenvalue weighted by atomic mass is 16.3. The lowest BCUT2D eigenvalue weighted by molar-refractivity contribution is -0.130. The molecule has 0 aliphatic carbocycles. The molecule has 0 aliphatic rings. The maximum Gasteiger partial charge on any atom is 0.236 e. The molecule has 2 N–H and O–H groups in total. The summed E-state index contributed by atoms with van der Waals surface area (Å²) in [5.74, 6) is 0.120. The fourth-order valence-electron chi connectivity index (χ4n) is 1.20. The van der Waals surface area contributed by atoms with Gasteiger partial charge in [-0.1, -0.05) is 6.92 Å². The van der Waals surface area contributed by atoms with Gasteiger partial charge in [-0.25, -0.2) is 0 Å². The van der Waals surface area contributed by atoms with Gasteiger partial charge in [0, 0.05) is 19.7 Å². The zero-order chi connectivity index (χ0) is 10.8. The fraction of sp³-hybridized carbons (Fsp3) is 0.900. The monoisotopic (exact) mass is 202 g/mol. The average molecular weight is 202 g/mol. The van der Waals surface area contributed by atoms with Gasteiger partial charge in [-0.2, -0.15) is 0 Å². The van der Waals surface area contributed by atoms with Gasteiger partial charge in [0.1, 0.15) is 0 Å². The molecule has 4 nitrogen and oxygen atoms in total. The Bertz CT molecular complexity index is 151. The van der Waals surface area contributed by atoms with E-state index in [1.165, 1.54) is 0 Å². The Morgan fingerprint density at radius 2 is 2.14 bits per heavy atom. The average Bonchev–Trinajstić information content (AvgIpc) is 2.19. The fourth-order valence-corrected chi connectivity index (χ4v) is 1.20. The molecule has 0 bridgehead atoms. The first kappa shape index (κ1) is 13.4. The number of likely N-dealkylation sites (N-methyl/N-ethyl adjacent to an activating group) is 1. The normalized spacial score (nSPS) is 10.2. The maximum absolute atomic E-state index is 11.5. The molecule has 0 aromatic heterocycles. The standard InChI is InChI=1S/C10H22N2O2/c1-3-6-11-9-10(14)12(4-2)7-5-8-13/h11,13H,3-9H2,1-2H3. The number of hydrogen-bond acceptors (Lipinski definition) is 3. The SMILES string of the molecule is CCCNCC(=O)N(CC)CCCO. The van der Waals surface area contributed by atoms with Crippen LogP contribution in [0.25, 0.3) is 0 Å². The summed E-state index contributed by atoms with van der Waals surface area (Å²) in [6, 6.07) is 0. The summed E-state index contributed by atoms with van der Waals surface area (Å²) in [7, 11) is 0. The molecule has 0 saturated heterocycles. The molecule has 4 heteroatoms. The molecule has 0 aliphatic heterocycles. The lowest BCUT2D eigenvalue weighted by Gasteiger charge is -2.20. The Kier molecular flexibility index (Phi) is 8.57. The van der Waals surface area contributed by atoms with Crippen molar-refractivity contribution in [3.05, 3.63) is 0 Å². The summed E-state index contributed by atoms with van der Waals surface area (Å²) in [5, 5.41) is 11.7. The minimum atomic E-state index is 0.120. The van der Waals surface area contributed by atoms with Crippen LogP contribution in [-0.4, -0.2) is 48.7 Å². The first-order valence-corrected chi connectivity index (χ1v) is 5.35. The van der Waals surface area contributed by atoms with Crippen molar-refractivity contribution < 1.29 is 9.90 Å². The highest BCUT2D eigenvalue weighted by Gasteiger charge is 2.09. The van der Waals surface area contributed by atoms with Gasteiger partial charge in [0.15, 0.2) is 0 Å². The van der Waals surface area contributed by atoms with E-state index in [0.717, 1.165) is 13.0 Å². The van der Waals surface area contributed by atoms with Crippen LogP contribution in [0.15, 0.2) is 0 Å². The van der Waals surface area contributed by atoms with Crippen LogP contribution in [0.3, 0.4) is 0 Å². The van der Waals surface area contributed by atoms with Crippen molar-refractivity contribution in [2.75, 3.05) is 32.8 Å². The third-order valence-electron chi connectivity index (χ3n) is 2.02. The molecule has 0 saturated carbocycles. The van der Waals surface area contributed by atoms with E-state index in [-0.39, 0.29) is 12.5 Å². The smallest absolute Gasteiger partial charge is 0.236 e. The van der Waals surface area contributed by atoms with Crippen molar-refractivity contribution in [3.63, 3.8) is 0 Å². The minimum Gasteiger partial charge on any atom is -0.396 e. The first-order valence-electron chi connectivity index (χ1n) is 5.35. The molecular formula is C10H22N2O2. The molecule has 0 radical (unpaired) electrons. The van der Waals surface area contributed by atoms with E-state index in [1.807, 2.05) is 6.92 Å². The second kappa shape index (κ2) is 8.97. The van der Waals surface area contributed by atoms with Crippen molar-refractivity contribution in [2.45, 2.75) is 26.7 Å². The quantitative estimate of drug-likeness (QED) is 0.553. The summed E-state index contributed by atoms with van der Waals surface area (Å²) < 4.78 is 0.